The average Bonchev–Trinajstić information content (AvgIpc) is 2.16. The van der Waals surface area contributed by atoms with E-state index < -0.39 is 0 Å². The molecule has 0 amide bonds. The minimum absolute atomic E-state index is 0.325. The van der Waals surface area contributed by atoms with E-state index >= 15 is 0 Å². The Morgan fingerprint density at radius 2 is 2.42 bits per heavy atom. The van der Waals surface area contributed by atoms with Crippen LogP contribution in [0.2, 0.25) is 0 Å². The fourth-order valence-electron chi connectivity index (χ4n) is 0.888. The van der Waals surface area contributed by atoms with Crippen LogP contribution in [0.3, 0.4) is 0 Å². The molecule has 4 nitrogen and oxygen atoms in total. The Morgan fingerprint density at radius 1 is 1.58 bits per heavy atom. The highest BCUT2D eigenvalue weighted by Gasteiger charge is 2.13. The van der Waals surface area contributed by atoms with Gasteiger partial charge in [0, 0.05) is 22.5 Å². The van der Waals surface area contributed by atoms with E-state index in [-0.39, 0.29) is 0 Å². The second kappa shape index (κ2) is 5.55. The van der Waals surface area contributed by atoms with Crippen molar-refractivity contribution in [1.82, 2.24) is 5.43 Å². The molecule has 0 radical (unpaired) electrons. The molecule has 1 unspecified atom stereocenters. The van der Waals surface area contributed by atoms with Crippen LogP contribution < -0.4 is 17.0 Å². The fourth-order valence-corrected chi connectivity index (χ4v) is 3.47. The van der Waals surface area contributed by atoms with E-state index in [1.165, 1.54) is 17.3 Å². The molecule has 5 N–H and O–H groups in total. The molecule has 0 aromatic heterocycles. The van der Waals surface area contributed by atoms with Crippen LogP contribution in [0.15, 0.2) is 4.99 Å². The number of hydrazine groups is 1. The summed E-state index contributed by atoms with van der Waals surface area (Å²) in [7, 11) is 0. The molecule has 70 valence electrons. The van der Waals surface area contributed by atoms with Gasteiger partial charge >= 0.3 is 0 Å². The molecular formula is C6H14N4S2. The van der Waals surface area contributed by atoms with Crippen LogP contribution in [0.5, 0.6) is 0 Å². The lowest BCUT2D eigenvalue weighted by atomic mass is 10.5. The van der Waals surface area contributed by atoms with Gasteiger partial charge in [-0.2, -0.15) is 23.5 Å². The first-order valence-electron chi connectivity index (χ1n) is 3.79. The van der Waals surface area contributed by atoms with Crippen LogP contribution in [-0.4, -0.2) is 35.0 Å². The van der Waals surface area contributed by atoms with Crippen LogP contribution in [-0.2, 0) is 0 Å². The van der Waals surface area contributed by atoms with Crippen molar-refractivity contribution in [2.24, 2.45) is 16.6 Å². The molecule has 0 saturated carbocycles. The second-order valence-electron chi connectivity index (χ2n) is 2.44. The van der Waals surface area contributed by atoms with Gasteiger partial charge in [-0.15, -0.1) is 0 Å². The van der Waals surface area contributed by atoms with Gasteiger partial charge in [0.2, 0.25) is 5.96 Å². The first-order chi connectivity index (χ1) is 5.83. The second-order valence-corrected chi connectivity index (χ2v) is 5.00. The molecule has 0 aromatic carbocycles. The lowest BCUT2D eigenvalue weighted by Crippen LogP contribution is -2.37. The van der Waals surface area contributed by atoms with Gasteiger partial charge in [-0.1, -0.05) is 0 Å². The maximum atomic E-state index is 5.39. The summed E-state index contributed by atoms with van der Waals surface area (Å²) in [6, 6.07) is 0. The normalized spacial score (nSPS) is 25.4. The van der Waals surface area contributed by atoms with E-state index in [2.05, 4.69) is 10.4 Å². The summed E-state index contributed by atoms with van der Waals surface area (Å²) in [5.41, 5.74) is 7.70. The van der Waals surface area contributed by atoms with Crippen molar-refractivity contribution in [3.63, 3.8) is 0 Å². The number of hydrogen-bond donors (Lipinski definition) is 3. The standard InChI is InChI=1S/C6H14N4S2/c7-6(10-8)9-3-5-4-11-1-2-12-5/h5H,1-4,8H2,(H3,7,9,10). The SMILES string of the molecule is NNC(N)=NCC1CSCCS1. The molecule has 1 heterocycles. The number of rotatable bonds is 2. The van der Waals surface area contributed by atoms with Crippen molar-refractivity contribution in [3.8, 4) is 0 Å². The first-order valence-corrected chi connectivity index (χ1v) is 5.99. The highest BCUT2D eigenvalue weighted by atomic mass is 32.2. The quantitative estimate of drug-likeness (QED) is 0.248. The molecule has 6 heteroatoms. The molecule has 1 aliphatic rings. The van der Waals surface area contributed by atoms with Crippen molar-refractivity contribution >= 4 is 29.5 Å². The van der Waals surface area contributed by atoms with Gasteiger partial charge in [0.05, 0.1) is 6.54 Å². The van der Waals surface area contributed by atoms with Crippen molar-refractivity contribution in [3.05, 3.63) is 0 Å². The molecule has 0 aromatic rings. The smallest absolute Gasteiger partial charge is 0.203 e. The Morgan fingerprint density at radius 3 is 3.00 bits per heavy atom. The zero-order chi connectivity index (χ0) is 8.81. The Balaban J connectivity index is 2.21. The van der Waals surface area contributed by atoms with Gasteiger partial charge in [-0.25, -0.2) is 5.84 Å². The number of nitrogens with two attached hydrogens (primary N) is 2. The third-order valence-corrected chi connectivity index (χ3v) is 4.33. The maximum Gasteiger partial charge on any atom is 0.203 e. The van der Waals surface area contributed by atoms with Crippen LogP contribution in [0, 0.1) is 0 Å². The van der Waals surface area contributed by atoms with E-state index in [0.717, 1.165) is 6.54 Å². The van der Waals surface area contributed by atoms with Gasteiger partial charge in [0.15, 0.2) is 0 Å². The fraction of sp³-hybridized carbons (Fsp3) is 0.833. The molecule has 12 heavy (non-hydrogen) atoms. The van der Waals surface area contributed by atoms with Gasteiger partial charge in [-0.3, -0.25) is 10.4 Å². The zero-order valence-corrected chi connectivity index (χ0v) is 8.46. The minimum Gasteiger partial charge on any atom is -0.369 e. The van der Waals surface area contributed by atoms with Crippen LogP contribution in [0.1, 0.15) is 0 Å². The summed E-state index contributed by atoms with van der Waals surface area (Å²) in [5, 5.41) is 0.607. The van der Waals surface area contributed by atoms with Crippen LogP contribution in [0.25, 0.3) is 0 Å². The molecule has 0 bridgehead atoms. The van der Waals surface area contributed by atoms with Crippen molar-refractivity contribution in [2.75, 3.05) is 23.8 Å². The number of nitrogens with zero attached hydrogens (tertiary/aromatic N) is 1. The number of aliphatic imine (C=N–C) groups is 1. The van der Waals surface area contributed by atoms with Gasteiger partial charge in [0.25, 0.3) is 0 Å². The number of nitrogens with one attached hydrogen (secondary N) is 1. The summed E-state index contributed by atoms with van der Waals surface area (Å²) in [6.45, 7) is 0.772. The van der Waals surface area contributed by atoms with Gasteiger partial charge < -0.3 is 5.73 Å². The monoisotopic (exact) mass is 206 g/mol. The number of guanidine groups is 1. The van der Waals surface area contributed by atoms with Crippen LogP contribution >= 0.6 is 23.5 Å². The topological polar surface area (TPSA) is 76.4 Å². The largest absolute Gasteiger partial charge is 0.369 e. The third kappa shape index (κ3) is 3.55. The third-order valence-electron chi connectivity index (χ3n) is 1.50. The molecule has 0 aliphatic carbocycles. The molecule has 1 aliphatic heterocycles. The summed E-state index contributed by atoms with van der Waals surface area (Å²) in [5.74, 6) is 9.05. The lowest BCUT2D eigenvalue weighted by molar-refractivity contribution is 0.917. The van der Waals surface area contributed by atoms with Crippen molar-refractivity contribution in [1.29, 1.82) is 0 Å². The Hall–Kier alpha value is -0.0700. The Labute approximate surface area is 80.9 Å². The summed E-state index contributed by atoms with van der Waals surface area (Å²) in [6.07, 6.45) is 0. The molecular weight excluding hydrogens is 192 g/mol. The average molecular weight is 206 g/mol. The minimum atomic E-state index is 0.325. The molecule has 1 atom stereocenters. The highest BCUT2D eigenvalue weighted by Crippen LogP contribution is 2.23. The van der Waals surface area contributed by atoms with Gasteiger partial charge in [-0.05, 0) is 0 Å². The van der Waals surface area contributed by atoms with E-state index in [9.17, 15) is 0 Å². The van der Waals surface area contributed by atoms with Crippen molar-refractivity contribution < 1.29 is 0 Å². The molecule has 1 rings (SSSR count). The number of thioether (sulfide) groups is 2. The summed E-state index contributed by atoms with van der Waals surface area (Å²) < 4.78 is 0. The molecule has 1 saturated heterocycles. The van der Waals surface area contributed by atoms with E-state index in [0.29, 0.717) is 11.2 Å². The van der Waals surface area contributed by atoms with Gasteiger partial charge in [0.1, 0.15) is 0 Å². The predicted octanol–water partition coefficient (Wildman–Crippen LogP) is -0.387. The highest BCUT2D eigenvalue weighted by molar-refractivity contribution is 8.06. The van der Waals surface area contributed by atoms with E-state index in [1.807, 2.05) is 23.5 Å². The van der Waals surface area contributed by atoms with E-state index in [1.54, 1.807) is 0 Å². The Kier molecular flexibility index (Phi) is 4.63. The molecule has 0 spiro atoms. The maximum absolute atomic E-state index is 5.39. The van der Waals surface area contributed by atoms with Crippen molar-refractivity contribution in [2.45, 2.75) is 5.25 Å². The number of hydrogen-bond acceptors (Lipinski definition) is 4. The molecule has 1 fully saturated rings. The predicted molar refractivity (Wildman–Crippen MR) is 57.4 cm³/mol. The lowest BCUT2D eigenvalue weighted by Gasteiger charge is -2.18. The van der Waals surface area contributed by atoms with E-state index in [4.69, 9.17) is 11.6 Å². The summed E-state index contributed by atoms with van der Waals surface area (Å²) >= 11 is 3.94. The summed E-state index contributed by atoms with van der Waals surface area (Å²) in [4.78, 5) is 4.09. The zero-order valence-electron chi connectivity index (χ0n) is 6.82. The first kappa shape index (κ1) is 10.0. The van der Waals surface area contributed by atoms with Crippen LogP contribution in [0.4, 0.5) is 0 Å². The Bertz CT molecular complexity index is 156.